The number of fused-ring (bicyclic) bond motifs is 2. The van der Waals surface area contributed by atoms with Crippen molar-refractivity contribution in [3.05, 3.63) is 71.9 Å². The summed E-state index contributed by atoms with van der Waals surface area (Å²) in [5.41, 5.74) is 3.71. The lowest BCUT2D eigenvalue weighted by molar-refractivity contribution is 0.102. The molecule has 0 bridgehead atoms. The van der Waals surface area contributed by atoms with Gasteiger partial charge in [0.1, 0.15) is 5.82 Å². The van der Waals surface area contributed by atoms with Crippen molar-refractivity contribution in [1.82, 2.24) is 4.98 Å². The van der Waals surface area contributed by atoms with Crippen molar-refractivity contribution in [2.45, 2.75) is 12.8 Å². The van der Waals surface area contributed by atoms with E-state index in [1.807, 2.05) is 12.1 Å². The van der Waals surface area contributed by atoms with E-state index in [1.54, 1.807) is 24.4 Å². The standard InChI is InChI=1S/C22H19N3O3/c26-22(16-7-9-19-20(12-16)28-14-27-19)24-17-8-10-21(23-13-17)25-11-3-5-15-4-1-2-6-18(15)25/h1-2,4,6-10,12-13H,3,5,11,14H2,(H,24,26). The molecule has 3 aromatic rings. The number of aryl methyl sites for hydroxylation is 1. The molecule has 0 saturated carbocycles. The molecule has 2 aliphatic rings. The third kappa shape index (κ3) is 3.03. The predicted octanol–water partition coefficient (Wildman–Crippen LogP) is 4.15. The van der Waals surface area contributed by atoms with Gasteiger partial charge in [-0.25, -0.2) is 4.98 Å². The second kappa shape index (κ2) is 6.88. The molecule has 0 fully saturated rings. The van der Waals surface area contributed by atoms with Gasteiger partial charge in [-0.05, 0) is 54.8 Å². The Balaban J connectivity index is 1.33. The van der Waals surface area contributed by atoms with Gasteiger partial charge in [-0.1, -0.05) is 18.2 Å². The number of para-hydroxylation sites is 1. The number of rotatable bonds is 3. The molecule has 1 N–H and O–H groups in total. The number of hydrogen-bond acceptors (Lipinski definition) is 5. The van der Waals surface area contributed by atoms with Crippen molar-refractivity contribution in [2.75, 3.05) is 23.6 Å². The minimum absolute atomic E-state index is 0.186. The number of ether oxygens (including phenoxy) is 2. The van der Waals surface area contributed by atoms with Crippen LogP contribution in [0.1, 0.15) is 22.3 Å². The maximum atomic E-state index is 12.5. The second-order valence-electron chi connectivity index (χ2n) is 6.81. The van der Waals surface area contributed by atoms with Crippen LogP contribution in [0.4, 0.5) is 17.2 Å². The zero-order valence-electron chi connectivity index (χ0n) is 15.2. The number of benzene rings is 2. The topological polar surface area (TPSA) is 63.7 Å². The maximum absolute atomic E-state index is 12.5. The molecular formula is C22H19N3O3. The molecule has 1 aromatic heterocycles. The Morgan fingerprint density at radius 3 is 2.82 bits per heavy atom. The fraction of sp³-hybridized carbons (Fsp3) is 0.182. The van der Waals surface area contributed by atoms with Crippen LogP contribution in [0.2, 0.25) is 0 Å². The minimum atomic E-state index is -0.212. The predicted molar refractivity (Wildman–Crippen MR) is 107 cm³/mol. The van der Waals surface area contributed by atoms with Crippen LogP contribution in [0.15, 0.2) is 60.8 Å². The van der Waals surface area contributed by atoms with Gasteiger partial charge in [0.2, 0.25) is 6.79 Å². The summed E-state index contributed by atoms with van der Waals surface area (Å²) in [5.74, 6) is 1.92. The van der Waals surface area contributed by atoms with Crippen LogP contribution in [-0.4, -0.2) is 24.2 Å². The number of nitrogens with one attached hydrogen (secondary N) is 1. The lowest BCUT2D eigenvalue weighted by Crippen LogP contribution is -2.25. The van der Waals surface area contributed by atoms with E-state index < -0.39 is 0 Å². The molecule has 0 unspecified atom stereocenters. The zero-order chi connectivity index (χ0) is 18.9. The first kappa shape index (κ1) is 16.6. The summed E-state index contributed by atoms with van der Waals surface area (Å²) < 4.78 is 10.6. The van der Waals surface area contributed by atoms with Crippen LogP contribution in [0.3, 0.4) is 0 Å². The number of carbonyl (C=O) groups is 1. The van der Waals surface area contributed by atoms with E-state index >= 15 is 0 Å². The molecule has 2 aromatic carbocycles. The molecule has 0 radical (unpaired) electrons. The largest absolute Gasteiger partial charge is 0.454 e. The molecule has 0 atom stereocenters. The SMILES string of the molecule is O=C(Nc1ccc(N2CCCc3ccccc32)nc1)c1ccc2c(c1)OCO2. The van der Waals surface area contributed by atoms with Crippen molar-refractivity contribution in [3.63, 3.8) is 0 Å². The maximum Gasteiger partial charge on any atom is 0.255 e. The summed E-state index contributed by atoms with van der Waals surface area (Å²) >= 11 is 0. The average molecular weight is 373 g/mol. The van der Waals surface area contributed by atoms with E-state index in [0.29, 0.717) is 22.7 Å². The first-order valence-electron chi connectivity index (χ1n) is 9.30. The highest BCUT2D eigenvalue weighted by atomic mass is 16.7. The molecule has 6 nitrogen and oxygen atoms in total. The van der Waals surface area contributed by atoms with Gasteiger partial charge in [-0.2, -0.15) is 0 Å². The smallest absolute Gasteiger partial charge is 0.255 e. The molecule has 0 saturated heterocycles. The molecule has 28 heavy (non-hydrogen) atoms. The van der Waals surface area contributed by atoms with Gasteiger partial charge in [-0.3, -0.25) is 4.79 Å². The highest BCUT2D eigenvalue weighted by Crippen LogP contribution is 2.34. The normalized spacial score (nSPS) is 14.5. The van der Waals surface area contributed by atoms with Gasteiger partial charge in [-0.15, -0.1) is 0 Å². The van der Waals surface area contributed by atoms with Crippen molar-refractivity contribution in [1.29, 1.82) is 0 Å². The van der Waals surface area contributed by atoms with E-state index in [2.05, 4.69) is 39.5 Å². The number of carbonyl (C=O) groups excluding carboxylic acids is 1. The van der Waals surface area contributed by atoms with Crippen LogP contribution < -0.4 is 19.7 Å². The first-order chi connectivity index (χ1) is 13.8. The van der Waals surface area contributed by atoms with Crippen molar-refractivity contribution >= 4 is 23.1 Å². The highest BCUT2D eigenvalue weighted by Gasteiger charge is 2.19. The zero-order valence-corrected chi connectivity index (χ0v) is 15.2. The molecule has 0 spiro atoms. The second-order valence-corrected chi connectivity index (χ2v) is 6.81. The summed E-state index contributed by atoms with van der Waals surface area (Å²) in [6, 6.07) is 17.4. The Hall–Kier alpha value is -3.54. The Morgan fingerprint density at radius 1 is 1.04 bits per heavy atom. The number of anilines is 3. The van der Waals surface area contributed by atoms with Crippen LogP contribution in [0.25, 0.3) is 0 Å². The van der Waals surface area contributed by atoms with Gasteiger partial charge >= 0.3 is 0 Å². The van der Waals surface area contributed by atoms with Gasteiger partial charge in [0.15, 0.2) is 11.5 Å². The lowest BCUT2D eigenvalue weighted by Gasteiger charge is -2.30. The minimum Gasteiger partial charge on any atom is -0.454 e. The van der Waals surface area contributed by atoms with E-state index in [9.17, 15) is 4.79 Å². The molecule has 140 valence electrons. The van der Waals surface area contributed by atoms with E-state index in [0.717, 1.165) is 25.2 Å². The van der Waals surface area contributed by atoms with Gasteiger partial charge in [0.05, 0.1) is 11.9 Å². The van der Waals surface area contributed by atoms with Crippen LogP contribution in [-0.2, 0) is 6.42 Å². The Labute approximate surface area is 162 Å². The van der Waals surface area contributed by atoms with Crippen molar-refractivity contribution < 1.29 is 14.3 Å². The molecular weight excluding hydrogens is 354 g/mol. The summed E-state index contributed by atoms with van der Waals surface area (Å²) in [7, 11) is 0. The highest BCUT2D eigenvalue weighted by molar-refractivity contribution is 6.04. The molecule has 1 amide bonds. The van der Waals surface area contributed by atoms with Crippen LogP contribution >= 0.6 is 0 Å². The number of pyridine rings is 1. The van der Waals surface area contributed by atoms with Crippen LogP contribution in [0.5, 0.6) is 11.5 Å². The van der Waals surface area contributed by atoms with E-state index in [4.69, 9.17) is 9.47 Å². The average Bonchev–Trinajstić information content (AvgIpc) is 3.22. The third-order valence-corrected chi connectivity index (χ3v) is 5.03. The number of hydrogen-bond donors (Lipinski definition) is 1. The van der Waals surface area contributed by atoms with Gasteiger partial charge < -0.3 is 19.7 Å². The molecule has 2 aliphatic heterocycles. The van der Waals surface area contributed by atoms with E-state index in [1.165, 1.54) is 11.3 Å². The fourth-order valence-electron chi connectivity index (χ4n) is 3.63. The summed E-state index contributed by atoms with van der Waals surface area (Å²) in [6.07, 6.45) is 3.88. The van der Waals surface area contributed by atoms with Gasteiger partial charge in [0.25, 0.3) is 5.91 Å². The van der Waals surface area contributed by atoms with E-state index in [-0.39, 0.29) is 12.7 Å². The lowest BCUT2D eigenvalue weighted by atomic mass is 10.0. The summed E-state index contributed by atoms with van der Waals surface area (Å²) in [6.45, 7) is 1.12. The van der Waals surface area contributed by atoms with Crippen molar-refractivity contribution in [3.8, 4) is 11.5 Å². The number of amides is 1. The quantitative estimate of drug-likeness (QED) is 0.747. The van der Waals surface area contributed by atoms with Gasteiger partial charge in [0, 0.05) is 17.8 Å². The van der Waals surface area contributed by atoms with Crippen molar-refractivity contribution in [2.24, 2.45) is 0 Å². The fourth-order valence-corrected chi connectivity index (χ4v) is 3.63. The Kier molecular flexibility index (Phi) is 4.09. The molecule has 0 aliphatic carbocycles. The third-order valence-electron chi connectivity index (χ3n) is 5.03. The molecule has 5 rings (SSSR count). The summed E-state index contributed by atoms with van der Waals surface area (Å²) in [5, 5.41) is 2.88. The first-order valence-corrected chi connectivity index (χ1v) is 9.30. The molecule has 3 heterocycles. The molecule has 6 heteroatoms. The number of nitrogens with zero attached hydrogens (tertiary/aromatic N) is 2. The Morgan fingerprint density at radius 2 is 1.93 bits per heavy atom. The summed E-state index contributed by atoms with van der Waals surface area (Å²) in [4.78, 5) is 19.3. The Bertz CT molecular complexity index is 1030. The number of aromatic nitrogens is 1. The monoisotopic (exact) mass is 373 g/mol. The van der Waals surface area contributed by atoms with Crippen LogP contribution in [0, 0.1) is 0 Å².